The van der Waals surface area contributed by atoms with Crippen LogP contribution in [0.1, 0.15) is 10.4 Å². The van der Waals surface area contributed by atoms with Gasteiger partial charge in [-0.1, -0.05) is 0 Å². The van der Waals surface area contributed by atoms with Crippen molar-refractivity contribution in [2.75, 3.05) is 13.7 Å². The van der Waals surface area contributed by atoms with E-state index in [2.05, 4.69) is 4.98 Å². The normalized spacial score (nSPS) is 9.95. The molecule has 1 aromatic heterocycles. The Kier molecular flexibility index (Phi) is 4.45. The lowest BCUT2D eigenvalue weighted by Crippen LogP contribution is -2.12. The van der Waals surface area contributed by atoms with E-state index in [0.29, 0.717) is 11.3 Å². The first-order valence-electron chi connectivity index (χ1n) is 6.01. The van der Waals surface area contributed by atoms with Crippen molar-refractivity contribution in [3.8, 4) is 11.5 Å². The van der Waals surface area contributed by atoms with E-state index in [1.807, 2.05) is 0 Å². The van der Waals surface area contributed by atoms with Crippen molar-refractivity contribution in [1.29, 1.82) is 0 Å². The van der Waals surface area contributed by atoms with E-state index >= 15 is 0 Å². The van der Waals surface area contributed by atoms with Gasteiger partial charge in [-0.05, 0) is 46.3 Å². The van der Waals surface area contributed by atoms with Gasteiger partial charge in [0.2, 0.25) is 5.75 Å². The number of ketones is 1. The molecule has 0 radical (unpaired) electrons. The first-order chi connectivity index (χ1) is 10.1. The maximum Gasteiger partial charge on any atom is 0.406 e. The number of carbonyl (C=O) groups excluding carboxylic acids is 1. The molecule has 0 aliphatic rings. The van der Waals surface area contributed by atoms with Crippen molar-refractivity contribution in [1.82, 2.24) is 4.98 Å². The molecule has 21 heavy (non-hydrogen) atoms. The summed E-state index contributed by atoms with van der Waals surface area (Å²) in [7, 11) is 1.53. The summed E-state index contributed by atoms with van der Waals surface area (Å²) in [5.41, 5.74) is 0.433. The van der Waals surface area contributed by atoms with Gasteiger partial charge < -0.3 is 19.6 Å². The van der Waals surface area contributed by atoms with Gasteiger partial charge in [-0.2, -0.15) is 0 Å². The summed E-state index contributed by atoms with van der Waals surface area (Å²) in [5.74, 6) is -0.115. The third kappa shape index (κ3) is 3.53. The van der Waals surface area contributed by atoms with E-state index in [-0.39, 0.29) is 18.1 Å². The van der Waals surface area contributed by atoms with Crippen molar-refractivity contribution in [2.24, 2.45) is 0 Å². The largest absolute Gasteiger partial charge is 0.497 e. The number of rotatable bonds is 6. The molecule has 0 saturated carbocycles. The Balaban J connectivity index is 2.05. The molecular weight excluding hydrogens is 276 g/mol. The van der Waals surface area contributed by atoms with Gasteiger partial charge in [0.1, 0.15) is 11.9 Å². The third-order valence-corrected chi connectivity index (χ3v) is 2.69. The maximum atomic E-state index is 11.9. The Morgan fingerprint density at radius 2 is 2.00 bits per heavy atom. The van der Waals surface area contributed by atoms with Crippen LogP contribution in [0.25, 0.3) is 0 Å². The summed E-state index contributed by atoms with van der Waals surface area (Å²) in [4.78, 5) is 25.7. The van der Waals surface area contributed by atoms with Crippen LogP contribution < -0.4 is 9.47 Å². The molecule has 0 amide bonds. The average molecular weight is 288 g/mol. The lowest BCUT2D eigenvalue weighted by atomic mass is 10.1. The SMILES string of the molecule is COc1ccc(C(=O)COc2cccnc2[N+](=O)[O-])cc1. The van der Waals surface area contributed by atoms with Gasteiger partial charge in [-0.3, -0.25) is 4.79 Å². The van der Waals surface area contributed by atoms with Gasteiger partial charge in [0.05, 0.1) is 7.11 Å². The number of pyridine rings is 1. The average Bonchev–Trinajstić information content (AvgIpc) is 2.52. The summed E-state index contributed by atoms with van der Waals surface area (Å²) < 4.78 is 10.2. The Morgan fingerprint density at radius 1 is 1.29 bits per heavy atom. The van der Waals surface area contributed by atoms with Gasteiger partial charge >= 0.3 is 5.82 Å². The molecule has 7 heteroatoms. The van der Waals surface area contributed by atoms with E-state index in [1.54, 1.807) is 24.3 Å². The zero-order chi connectivity index (χ0) is 15.2. The second-order valence-electron chi connectivity index (χ2n) is 4.02. The molecule has 0 spiro atoms. The first kappa shape index (κ1) is 14.4. The Morgan fingerprint density at radius 3 is 2.62 bits per heavy atom. The van der Waals surface area contributed by atoms with Crippen LogP contribution in [0.3, 0.4) is 0 Å². The number of benzene rings is 1. The molecule has 0 aliphatic carbocycles. The summed E-state index contributed by atoms with van der Waals surface area (Å²) >= 11 is 0. The van der Waals surface area contributed by atoms with Gasteiger partial charge in [0.25, 0.3) is 0 Å². The number of methoxy groups -OCH3 is 1. The van der Waals surface area contributed by atoms with E-state index in [4.69, 9.17) is 9.47 Å². The monoisotopic (exact) mass is 288 g/mol. The molecule has 108 valence electrons. The van der Waals surface area contributed by atoms with Crippen molar-refractivity contribution in [3.05, 3.63) is 58.3 Å². The van der Waals surface area contributed by atoms with Crippen LogP contribution in [0.15, 0.2) is 42.6 Å². The van der Waals surface area contributed by atoms with Gasteiger partial charge in [-0.25, -0.2) is 0 Å². The molecule has 0 saturated heterocycles. The Bertz CT molecular complexity index is 655. The standard InChI is InChI=1S/C14H12N2O5/c1-20-11-6-4-10(5-7-11)12(17)9-21-13-3-2-8-15-14(13)16(18)19/h2-8H,9H2,1H3. The molecule has 1 heterocycles. The summed E-state index contributed by atoms with van der Waals surface area (Å²) in [6, 6.07) is 9.40. The minimum atomic E-state index is -0.660. The number of nitro groups is 1. The Labute approximate surface area is 120 Å². The number of Topliss-reactive ketones (excluding diaryl/α,β-unsaturated/α-hetero) is 1. The molecule has 2 aromatic rings. The van der Waals surface area contributed by atoms with Crippen molar-refractivity contribution >= 4 is 11.6 Å². The zero-order valence-electron chi connectivity index (χ0n) is 11.2. The predicted octanol–water partition coefficient (Wildman–Crippen LogP) is 2.26. The summed E-state index contributed by atoms with van der Waals surface area (Å²) in [6.45, 7) is -0.307. The minimum absolute atomic E-state index is 0.0376. The molecule has 7 nitrogen and oxygen atoms in total. The molecule has 0 N–H and O–H groups in total. The van der Waals surface area contributed by atoms with Crippen LogP contribution in [0.5, 0.6) is 11.5 Å². The molecule has 2 rings (SSSR count). The van der Waals surface area contributed by atoms with Crippen LogP contribution in [0.2, 0.25) is 0 Å². The lowest BCUT2D eigenvalue weighted by Gasteiger charge is -2.06. The van der Waals surface area contributed by atoms with E-state index in [9.17, 15) is 14.9 Å². The van der Waals surface area contributed by atoms with Gasteiger partial charge in [-0.15, -0.1) is 0 Å². The summed E-state index contributed by atoms with van der Waals surface area (Å²) in [6.07, 6.45) is 1.29. The molecular formula is C14H12N2O5. The highest BCUT2D eigenvalue weighted by atomic mass is 16.6. The number of nitrogens with zero attached hydrogens (tertiary/aromatic N) is 2. The van der Waals surface area contributed by atoms with Crippen LogP contribution >= 0.6 is 0 Å². The number of aromatic nitrogens is 1. The van der Waals surface area contributed by atoms with Crippen LogP contribution in [0, 0.1) is 10.1 Å². The second kappa shape index (κ2) is 6.47. The highest BCUT2D eigenvalue weighted by molar-refractivity contribution is 5.97. The smallest absolute Gasteiger partial charge is 0.406 e. The van der Waals surface area contributed by atoms with E-state index < -0.39 is 10.7 Å². The van der Waals surface area contributed by atoms with Crippen molar-refractivity contribution in [2.45, 2.75) is 0 Å². The fraction of sp³-hybridized carbons (Fsp3) is 0.143. The fourth-order valence-corrected chi connectivity index (χ4v) is 1.64. The lowest BCUT2D eigenvalue weighted by molar-refractivity contribution is -0.390. The molecule has 0 aliphatic heterocycles. The number of hydrogen-bond acceptors (Lipinski definition) is 6. The maximum absolute atomic E-state index is 11.9. The van der Waals surface area contributed by atoms with E-state index in [0.717, 1.165) is 0 Å². The van der Waals surface area contributed by atoms with Crippen LogP contribution in [-0.2, 0) is 0 Å². The highest BCUT2D eigenvalue weighted by Gasteiger charge is 2.17. The molecule has 0 atom stereocenters. The van der Waals surface area contributed by atoms with E-state index in [1.165, 1.54) is 25.4 Å². The molecule has 0 fully saturated rings. The number of hydrogen-bond donors (Lipinski definition) is 0. The molecule has 0 bridgehead atoms. The van der Waals surface area contributed by atoms with Crippen molar-refractivity contribution < 1.29 is 19.2 Å². The van der Waals surface area contributed by atoms with Gasteiger partial charge in [0.15, 0.2) is 12.4 Å². The number of carbonyl (C=O) groups is 1. The van der Waals surface area contributed by atoms with Crippen molar-refractivity contribution in [3.63, 3.8) is 0 Å². The number of ether oxygens (including phenoxy) is 2. The molecule has 0 unspecified atom stereocenters. The highest BCUT2D eigenvalue weighted by Crippen LogP contribution is 2.23. The van der Waals surface area contributed by atoms with Crippen LogP contribution in [-0.4, -0.2) is 29.4 Å². The fourth-order valence-electron chi connectivity index (χ4n) is 1.64. The predicted molar refractivity (Wildman–Crippen MR) is 73.7 cm³/mol. The zero-order valence-corrected chi connectivity index (χ0v) is 11.2. The second-order valence-corrected chi connectivity index (χ2v) is 4.02. The third-order valence-electron chi connectivity index (χ3n) is 2.69. The topological polar surface area (TPSA) is 91.6 Å². The minimum Gasteiger partial charge on any atom is -0.497 e. The first-order valence-corrected chi connectivity index (χ1v) is 6.01. The molecule has 1 aromatic carbocycles. The Hall–Kier alpha value is -2.96. The van der Waals surface area contributed by atoms with Crippen LogP contribution in [0.4, 0.5) is 5.82 Å². The quantitative estimate of drug-likeness (QED) is 0.460. The summed E-state index contributed by atoms with van der Waals surface area (Å²) in [5, 5.41) is 10.8. The van der Waals surface area contributed by atoms with Gasteiger partial charge in [0, 0.05) is 5.56 Å².